The Bertz CT molecular complexity index is 1070. The van der Waals surface area contributed by atoms with E-state index in [0.29, 0.717) is 11.5 Å². The number of pyridine rings is 1. The molecule has 8 nitrogen and oxygen atoms in total. The van der Waals surface area contributed by atoms with Gasteiger partial charge in [-0.15, -0.1) is 10.2 Å². The molecule has 0 atom stereocenters. The van der Waals surface area contributed by atoms with E-state index in [2.05, 4.69) is 25.6 Å². The van der Waals surface area contributed by atoms with Gasteiger partial charge in [-0.2, -0.15) is 5.10 Å². The maximum atomic E-state index is 13.3. The van der Waals surface area contributed by atoms with E-state index in [9.17, 15) is 9.18 Å². The molecule has 1 N–H and O–H groups in total. The number of aromatic nitrogens is 6. The molecule has 0 unspecified atom stereocenters. The van der Waals surface area contributed by atoms with Crippen LogP contribution in [0.4, 0.5) is 4.39 Å². The monoisotopic (exact) mass is 363 g/mol. The van der Waals surface area contributed by atoms with Crippen molar-refractivity contribution in [2.24, 2.45) is 0 Å². The van der Waals surface area contributed by atoms with Gasteiger partial charge in [-0.25, -0.2) is 14.1 Å². The van der Waals surface area contributed by atoms with Crippen molar-refractivity contribution >= 4 is 5.91 Å². The van der Waals surface area contributed by atoms with Gasteiger partial charge in [0.1, 0.15) is 30.0 Å². The third kappa shape index (κ3) is 3.71. The molecule has 0 radical (unpaired) electrons. The summed E-state index contributed by atoms with van der Waals surface area (Å²) in [5.41, 5.74) is 1.66. The summed E-state index contributed by atoms with van der Waals surface area (Å²) in [6.07, 6.45) is 6.36. The summed E-state index contributed by atoms with van der Waals surface area (Å²) in [6.45, 7) is 0.271. The van der Waals surface area contributed by atoms with E-state index < -0.39 is 0 Å². The molecule has 1 aromatic carbocycles. The summed E-state index contributed by atoms with van der Waals surface area (Å²) in [6, 6.07) is 11.2. The van der Waals surface area contributed by atoms with E-state index in [1.807, 2.05) is 0 Å². The molecular weight excluding hydrogens is 349 g/mol. The summed E-state index contributed by atoms with van der Waals surface area (Å²) in [7, 11) is 0. The van der Waals surface area contributed by atoms with Crippen LogP contribution < -0.4 is 5.32 Å². The predicted molar refractivity (Wildman–Crippen MR) is 93.8 cm³/mol. The van der Waals surface area contributed by atoms with Crippen molar-refractivity contribution in [1.82, 2.24) is 34.8 Å². The number of hydrogen-bond donors (Lipinski definition) is 1. The number of hydrogen-bond acceptors (Lipinski definition) is 5. The van der Waals surface area contributed by atoms with Crippen LogP contribution in [0.3, 0.4) is 0 Å². The lowest BCUT2D eigenvalue weighted by Gasteiger charge is -2.05. The Kier molecular flexibility index (Phi) is 4.40. The molecule has 0 aliphatic carbocycles. The molecule has 1 amide bonds. The first-order chi connectivity index (χ1) is 13.2. The van der Waals surface area contributed by atoms with Crippen LogP contribution in [0.25, 0.3) is 11.5 Å². The summed E-state index contributed by atoms with van der Waals surface area (Å²) in [5.74, 6) is -0.105. The lowest BCUT2D eigenvalue weighted by atomic mass is 10.3. The summed E-state index contributed by atoms with van der Waals surface area (Å²) >= 11 is 0. The number of benzene rings is 1. The number of nitrogens with zero attached hydrogens (tertiary/aromatic N) is 6. The lowest BCUT2D eigenvalue weighted by Crippen LogP contribution is -2.24. The zero-order valence-electron chi connectivity index (χ0n) is 14.0. The highest BCUT2D eigenvalue weighted by Crippen LogP contribution is 2.10. The van der Waals surface area contributed by atoms with E-state index in [-0.39, 0.29) is 24.0 Å². The highest BCUT2D eigenvalue weighted by Gasteiger charge is 2.10. The standard InChI is InChI=1S/C18H14FN7O/c19-14-3-1-4-15(7-14)26-10-13(9-23-26)8-20-18(27)16-5-2-6-17(24-16)25-11-21-22-12-25/h1-7,9-12H,8H2,(H,20,27). The molecule has 0 bridgehead atoms. The van der Waals surface area contributed by atoms with Crippen LogP contribution in [-0.2, 0) is 6.54 Å². The average Bonchev–Trinajstić information content (AvgIpc) is 3.38. The van der Waals surface area contributed by atoms with Crippen molar-refractivity contribution in [1.29, 1.82) is 0 Å². The normalized spacial score (nSPS) is 10.7. The predicted octanol–water partition coefficient (Wildman–Crippen LogP) is 1.92. The molecule has 27 heavy (non-hydrogen) atoms. The fourth-order valence-corrected chi connectivity index (χ4v) is 2.50. The SMILES string of the molecule is O=C(NCc1cnn(-c2cccc(F)c2)c1)c1cccc(-n2cnnc2)n1. The van der Waals surface area contributed by atoms with E-state index >= 15 is 0 Å². The zero-order chi connectivity index (χ0) is 18.6. The van der Waals surface area contributed by atoms with Gasteiger partial charge >= 0.3 is 0 Å². The third-order valence-corrected chi connectivity index (χ3v) is 3.81. The number of carbonyl (C=O) groups is 1. The van der Waals surface area contributed by atoms with E-state index in [1.165, 1.54) is 24.8 Å². The number of rotatable bonds is 5. The minimum absolute atomic E-state index is 0.271. The van der Waals surface area contributed by atoms with Crippen LogP contribution in [-0.4, -0.2) is 35.4 Å². The molecule has 0 aliphatic heterocycles. The van der Waals surface area contributed by atoms with Crippen LogP contribution in [0.5, 0.6) is 0 Å². The van der Waals surface area contributed by atoms with Crippen LogP contribution in [0.2, 0.25) is 0 Å². The van der Waals surface area contributed by atoms with Crippen molar-refractivity contribution in [3.05, 3.63) is 84.6 Å². The van der Waals surface area contributed by atoms with Crippen LogP contribution in [0, 0.1) is 5.82 Å². The van der Waals surface area contributed by atoms with Gasteiger partial charge in [-0.1, -0.05) is 12.1 Å². The minimum Gasteiger partial charge on any atom is -0.347 e. The number of nitrogens with one attached hydrogen (secondary N) is 1. The summed E-state index contributed by atoms with van der Waals surface area (Å²) in [4.78, 5) is 16.7. The maximum absolute atomic E-state index is 13.3. The molecular formula is C18H14FN7O. The fourth-order valence-electron chi connectivity index (χ4n) is 2.50. The van der Waals surface area contributed by atoms with Crippen molar-refractivity contribution in [2.75, 3.05) is 0 Å². The molecule has 0 saturated carbocycles. The largest absolute Gasteiger partial charge is 0.347 e. The van der Waals surface area contributed by atoms with Gasteiger partial charge in [-0.3, -0.25) is 9.36 Å². The highest BCUT2D eigenvalue weighted by molar-refractivity contribution is 5.92. The first-order valence-electron chi connectivity index (χ1n) is 8.09. The van der Waals surface area contributed by atoms with Gasteiger partial charge in [-0.05, 0) is 30.3 Å². The first-order valence-corrected chi connectivity index (χ1v) is 8.09. The van der Waals surface area contributed by atoms with Crippen LogP contribution in [0.1, 0.15) is 16.1 Å². The maximum Gasteiger partial charge on any atom is 0.270 e. The van der Waals surface area contributed by atoms with E-state index in [1.54, 1.807) is 52.0 Å². The Morgan fingerprint density at radius 1 is 1.11 bits per heavy atom. The average molecular weight is 363 g/mol. The molecule has 3 heterocycles. The molecule has 134 valence electrons. The Balaban J connectivity index is 1.43. The van der Waals surface area contributed by atoms with Gasteiger partial charge in [0.15, 0.2) is 0 Å². The van der Waals surface area contributed by atoms with Gasteiger partial charge in [0.05, 0.1) is 11.9 Å². The molecule has 0 aliphatic rings. The van der Waals surface area contributed by atoms with Crippen LogP contribution >= 0.6 is 0 Å². The second kappa shape index (κ2) is 7.16. The fraction of sp³-hybridized carbons (Fsp3) is 0.0556. The smallest absolute Gasteiger partial charge is 0.270 e. The van der Waals surface area contributed by atoms with Crippen molar-refractivity contribution < 1.29 is 9.18 Å². The van der Waals surface area contributed by atoms with Crippen molar-refractivity contribution in [3.63, 3.8) is 0 Å². The highest BCUT2D eigenvalue weighted by atomic mass is 19.1. The molecule has 3 aromatic heterocycles. The third-order valence-electron chi connectivity index (χ3n) is 3.81. The number of halogens is 1. The first kappa shape index (κ1) is 16.6. The van der Waals surface area contributed by atoms with Gasteiger partial charge in [0, 0.05) is 18.3 Å². The minimum atomic E-state index is -0.336. The van der Waals surface area contributed by atoms with E-state index in [0.717, 1.165) is 5.56 Å². The Morgan fingerprint density at radius 2 is 1.93 bits per heavy atom. The van der Waals surface area contributed by atoms with Gasteiger partial charge in [0.25, 0.3) is 5.91 Å². The molecule has 0 spiro atoms. The Morgan fingerprint density at radius 3 is 2.74 bits per heavy atom. The molecule has 4 rings (SSSR count). The zero-order valence-corrected chi connectivity index (χ0v) is 14.0. The number of amides is 1. The van der Waals surface area contributed by atoms with E-state index in [4.69, 9.17) is 0 Å². The van der Waals surface area contributed by atoms with Gasteiger partial charge in [0.2, 0.25) is 0 Å². The topological polar surface area (TPSA) is 90.5 Å². The molecule has 0 saturated heterocycles. The molecule has 9 heteroatoms. The molecule has 4 aromatic rings. The molecule has 0 fully saturated rings. The lowest BCUT2D eigenvalue weighted by molar-refractivity contribution is 0.0946. The summed E-state index contributed by atoms with van der Waals surface area (Å²) < 4.78 is 16.5. The Hall–Kier alpha value is -3.88. The van der Waals surface area contributed by atoms with Crippen molar-refractivity contribution in [2.45, 2.75) is 6.54 Å². The second-order valence-corrected chi connectivity index (χ2v) is 5.71. The summed E-state index contributed by atoms with van der Waals surface area (Å²) in [5, 5.41) is 14.4. The van der Waals surface area contributed by atoms with Crippen LogP contribution in [0.15, 0.2) is 67.5 Å². The quantitative estimate of drug-likeness (QED) is 0.585. The Labute approximate surface area is 153 Å². The van der Waals surface area contributed by atoms with Gasteiger partial charge < -0.3 is 5.32 Å². The van der Waals surface area contributed by atoms with Crippen molar-refractivity contribution in [3.8, 4) is 11.5 Å². The second-order valence-electron chi connectivity index (χ2n) is 5.71. The number of carbonyl (C=O) groups excluding carboxylic acids is 1.